The molecule has 0 aliphatic rings. The van der Waals surface area contributed by atoms with Gasteiger partial charge in [0.25, 0.3) is 0 Å². The van der Waals surface area contributed by atoms with Gasteiger partial charge in [0.05, 0.1) is 5.48 Å². The van der Waals surface area contributed by atoms with E-state index in [0.29, 0.717) is 16.5 Å². The molecule has 112 heavy (non-hydrogen) atoms. The van der Waals surface area contributed by atoms with E-state index in [0.717, 1.165) is 23.1 Å². The highest BCUT2D eigenvalue weighted by Gasteiger charge is 2.36. The fourth-order valence-electron chi connectivity index (χ4n) is 14.3. The van der Waals surface area contributed by atoms with Crippen LogP contribution in [0.15, 0.2) is 170 Å². The van der Waals surface area contributed by atoms with Crippen molar-refractivity contribution in [1.82, 2.24) is 0 Å². The second-order valence-corrected chi connectivity index (χ2v) is 48.2. The lowest BCUT2D eigenvalue weighted by Gasteiger charge is -2.38. The minimum atomic E-state index is -0.552. The predicted molar refractivity (Wildman–Crippen MR) is 508 cm³/mol. The van der Waals surface area contributed by atoms with E-state index >= 15 is 0 Å². The highest BCUT2D eigenvalue weighted by molar-refractivity contribution is 5.72. The summed E-state index contributed by atoms with van der Waals surface area (Å²) >= 11 is 0. The van der Waals surface area contributed by atoms with Gasteiger partial charge in [-0.3, -0.25) is 0 Å². The molecule has 1 atom stereocenters. The summed E-state index contributed by atoms with van der Waals surface area (Å²) in [7, 11) is 0. The highest BCUT2D eigenvalue weighted by atomic mass is 14.4. The van der Waals surface area contributed by atoms with Crippen LogP contribution in [0.25, 0.3) is 22.3 Å². The summed E-state index contributed by atoms with van der Waals surface area (Å²) in [6, 6.07) is 53.1. The van der Waals surface area contributed by atoms with Crippen molar-refractivity contribution in [2.24, 2.45) is 10.8 Å². The van der Waals surface area contributed by atoms with E-state index < -0.39 is 5.89 Å². The van der Waals surface area contributed by atoms with Crippen LogP contribution >= 0.6 is 0 Å². The van der Waals surface area contributed by atoms with E-state index in [1.807, 2.05) is 19.1 Å². The smallest absolute Gasteiger partial charge is 0.0622 e. The Labute approximate surface area is 702 Å². The molecule has 0 saturated heterocycles. The lowest BCUT2D eigenvalue weighted by Crippen LogP contribution is -2.29. The normalized spacial score (nSPS) is 14.4. The van der Waals surface area contributed by atoms with E-state index in [4.69, 9.17) is 6.85 Å². The van der Waals surface area contributed by atoms with Crippen molar-refractivity contribution in [2.45, 2.75) is 408 Å². The van der Waals surface area contributed by atoms with E-state index in [2.05, 4.69) is 445 Å². The van der Waals surface area contributed by atoms with Crippen LogP contribution in [0.4, 0.5) is 0 Å². The zero-order chi connectivity index (χ0) is 91.5. The van der Waals surface area contributed by atoms with Gasteiger partial charge in [0.1, 0.15) is 0 Å². The molecule has 8 aromatic rings. The van der Waals surface area contributed by atoms with Crippen LogP contribution in [0.2, 0.25) is 0 Å². The van der Waals surface area contributed by atoms with Crippen LogP contribution in [-0.4, -0.2) is 0 Å². The van der Waals surface area contributed by atoms with Gasteiger partial charge in [0.15, 0.2) is 0 Å². The molecule has 0 aliphatic heterocycles. The SMILES string of the molecule is CC(C)(C)Cc1ccc(C(C)(C)C)cc1.CC(C)(C)c1cc(C(C)(C)C)c(C(C)(C)C)c(C(C)(C)C)c1.CC(C)(C)c1ccc(C(C)(C)C)c(C(C)(C)C)c1.CC(C)(C)c1cccc(-c2ccccc2)c1C(C)(C)C.[2H]C(C)(c1ccc(C(C)(C)C)cc1)C(C)(C)C.[2H]c1c([2H])c(C)c([2H])c(-c2cccc(C(C)(C)C)c2C(C)(C)C)c1[2H]. The molecular formula is C112H172. The molecule has 8 rings (SSSR count). The highest BCUT2D eigenvalue weighted by Crippen LogP contribution is 2.46. The summed E-state index contributed by atoms with van der Waals surface area (Å²) in [5.74, 6) is -0.552. The van der Waals surface area contributed by atoms with Gasteiger partial charge in [-0.15, -0.1) is 0 Å². The molecule has 0 spiro atoms. The molecule has 0 aliphatic carbocycles. The molecule has 0 heteroatoms. The third kappa shape index (κ3) is 30.4. The molecule has 0 aromatic heterocycles. The maximum Gasteiger partial charge on any atom is 0.0632 e. The molecule has 0 nitrogen and oxygen atoms in total. The molecule has 0 amide bonds. The first-order chi connectivity index (χ1) is 51.9. The molecule has 0 fully saturated rings. The number of rotatable bonds is 4. The average Bonchev–Trinajstić information content (AvgIpc) is 0.746. The number of hydrogen-bond acceptors (Lipinski definition) is 0. The largest absolute Gasteiger partial charge is 0.0632 e. The maximum atomic E-state index is 8.55. The zero-order valence-corrected chi connectivity index (χ0v) is 81.6. The van der Waals surface area contributed by atoms with Crippen LogP contribution in [0, 0.1) is 17.8 Å². The molecule has 0 radical (unpaired) electrons. The van der Waals surface area contributed by atoms with Gasteiger partial charge in [-0.1, -0.05) is 494 Å². The lowest BCUT2D eigenvalue weighted by atomic mass is 9.66. The van der Waals surface area contributed by atoms with Gasteiger partial charge >= 0.3 is 0 Å². The van der Waals surface area contributed by atoms with Gasteiger partial charge in [-0.2, -0.15) is 0 Å². The molecular weight excluding hydrogens is 1350 g/mol. The third-order valence-corrected chi connectivity index (χ3v) is 21.1. The van der Waals surface area contributed by atoms with Crippen molar-refractivity contribution >= 4 is 0 Å². The van der Waals surface area contributed by atoms with Gasteiger partial charge in [-0.05, 0) is 206 Å². The van der Waals surface area contributed by atoms with Crippen molar-refractivity contribution < 1.29 is 6.85 Å². The van der Waals surface area contributed by atoms with Crippen LogP contribution in [-0.2, 0) is 76.8 Å². The van der Waals surface area contributed by atoms with Crippen LogP contribution in [0.3, 0.4) is 0 Å². The Hall–Kier alpha value is -6.24. The molecule has 0 N–H and O–H groups in total. The van der Waals surface area contributed by atoms with Gasteiger partial charge in [0, 0.05) is 1.37 Å². The Kier molecular flexibility index (Phi) is 29.8. The topological polar surface area (TPSA) is 0 Å². The molecule has 0 bridgehead atoms. The Balaban J connectivity index is 0.000000366. The fraction of sp³-hybridized carbons (Fsp3) is 0.571. The summed E-state index contributed by atoms with van der Waals surface area (Å²) in [4.78, 5) is 0. The third-order valence-electron chi connectivity index (χ3n) is 21.1. The standard InChI is InChI=1S/C22H38.C21H28.C20H26.C18H30.C16H26.C15H24/c1-19(2,3)15-13-16(20(4,5)6)18(22(10,11)12)17(14-15)21(7,8)9;1-15-10-8-11-16(14-15)17-12-9-13-18(20(2,3)4)19(17)21(5,6)7;1-19(2,3)17-14-10-13-16(18(17)20(4,5)6)15-11-8-7-9-12-15;1-16(2,3)13-10-11-14(17(4,5)6)15(12-13)18(7,8)9;1-12(15(2,3)4)13-8-10-14(11-9-13)16(5,6)7;1-14(2,3)11-12-7-9-13(10-8-12)15(4,5)6/h13-14H,1-12H3;8-14H,1-7H3;7-14H,1-6H3;10-12H,1-9H3;8-12H,1-7H3;7-10H,11H2,1-6H3/i;8D,10D,11D,14D;;;12D;. The molecule has 8 aromatic carbocycles. The second kappa shape index (κ2) is 36.5. The van der Waals surface area contributed by atoms with E-state index in [1.165, 1.54) is 77.9 Å². The summed E-state index contributed by atoms with van der Waals surface area (Å²) in [6.07, 6.45) is 1.15. The average molecular weight is 1520 g/mol. The summed E-state index contributed by atoms with van der Waals surface area (Å²) in [6.45, 7) is 106. The Bertz CT molecular complexity index is 4470. The lowest BCUT2D eigenvalue weighted by molar-refractivity contribution is 0.339. The Morgan fingerprint density at radius 1 is 0.277 bits per heavy atom. The quantitative estimate of drug-likeness (QED) is 0.165. The van der Waals surface area contributed by atoms with Crippen molar-refractivity contribution in [2.75, 3.05) is 0 Å². The fourth-order valence-corrected chi connectivity index (χ4v) is 14.3. The molecule has 1 unspecified atom stereocenters. The van der Waals surface area contributed by atoms with Crippen molar-refractivity contribution in [3.8, 4) is 22.3 Å². The van der Waals surface area contributed by atoms with Gasteiger partial charge in [-0.25, -0.2) is 0 Å². The minimum Gasteiger partial charge on any atom is -0.0622 e. The molecule has 0 heterocycles. The van der Waals surface area contributed by atoms with Crippen molar-refractivity contribution in [1.29, 1.82) is 0 Å². The molecule has 620 valence electrons. The monoisotopic (exact) mass is 1520 g/mol. The summed E-state index contributed by atoms with van der Waals surface area (Å²) < 4.78 is 41.6. The second-order valence-electron chi connectivity index (χ2n) is 48.2. The van der Waals surface area contributed by atoms with Crippen molar-refractivity contribution in [3.05, 3.63) is 259 Å². The Morgan fingerprint density at radius 3 is 0.929 bits per heavy atom. The Morgan fingerprint density at radius 2 is 0.607 bits per heavy atom. The predicted octanol–water partition coefficient (Wildman–Crippen LogP) is 34.4. The number of hydrogen-bond donors (Lipinski definition) is 0. The summed E-state index contributed by atoms with van der Waals surface area (Å²) in [5.41, 5.74) is 27.4. The van der Waals surface area contributed by atoms with Crippen LogP contribution in [0.5, 0.6) is 0 Å². The van der Waals surface area contributed by atoms with Crippen LogP contribution < -0.4 is 0 Å². The molecule has 0 saturated carbocycles. The first-order valence-electron chi connectivity index (χ1n) is 44.9. The maximum absolute atomic E-state index is 8.55. The number of benzene rings is 8. The zero-order valence-electron chi connectivity index (χ0n) is 86.6. The summed E-state index contributed by atoms with van der Waals surface area (Å²) in [5, 5.41) is 0. The van der Waals surface area contributed by atoms with Crippen molar-refractivity contribution in [3.63, 3.8) is 0 Å². The van der Waals surface area contributed by atoms with Gasteiger partial charge < -0.3 is 0 Å². The van der Waals surface area contributed by atoms with Gasteiger partial charge in [0.2, 0.25) is 0 Å². The first kappa shape index (κ1) is 91.3. The van der Waals surface area contributed by atoms with E-state index in [1.54, 1.807) is 12.5 Å². The van der Waals surface area contributed by atoms with E-state index in [-0.39, 0.29) is 100.0 Å². The minimum absolute atomic E-state index is 0.0250. The van der Waals surface area contributed by atoms with E-state index in [9.17, 15) is 0 Å². The first-order valence-corrected chi connectivity index (χ1v) is 42.4. The van der Waals surface area contributed by atoms with Crippen LogP contribution in [0.1, 0.15) is 420 Å².